The number of ether oxygens (including phenoxy) is 1. The lowest BCUT2D eigenvalue weighted by Gasteiger charge is -2.14. The summed E-state index contributed by atoms with van der Waals surface area (Å²) in [4.78, 5) is 26.3. The van der Waals surface area contributed by atoms with Gasteiger partial charge in [-0.2, -0.15) is 0 Å². The van der Waals surface area contributed by atoms with Crippen molar-refractivity contribution < 1.29 is 19.4 Å². The quantitative estimate of drug-likeness (QED) is 0.510. The summed E-state index contributed by atoms with van der Waals surface area (Å²) in [6.45, 7) is -0.239. The number of thiocarbonyl (C=S) groups is 1. The zero-order valence-electron chi connectivity index (χ0n) is 11.6. The summed E-state index contributed by atoms with van der Waals surface area (Å²) in [6, 6.07) is 6.63. The van der Waals surface area contributed by atoms with Crippen LogP contribution in [-0.2, 0) is 14.3 Å². The minimum absolute atomic E-state index is 0.0588. The number of likely N-dealkylation sites (N-methyl/N-ethyl adjacent to an activating group) is 1. The molecule has 1 aromatic rings. The summed E-state index contributed by atoms with van der Waals surface area (Å²) < 4.78 is 4.55. The average Bonchev–Trinajstić information content (AvgIpc) is 2.67. The summed E-state index contributed by atoms with van der Waals surface area (Å²) in [5.41, 5.74) is 0.779. The van der Waals surface area contributed by atoms with E-state index >= 15 is 0 Å². The van der Waals surface area contributed by atoms with E-state index in [1.54, 1.807) is 25.2 Å². The summed E-state index contributed by atoms with van der Waals surface area (Å²) >= 11 is 5.15. The standard InChI is InChI=1S/C14H14N2O4S/c1-15-10(7-9-5-3-4-6-11(9)17)13(19)16(14(15)21)8-12(18)20-2/h3-7,17H,8H2,1-2H3/b10-7-. The minimum Gasteiger partial charge on any atom is -0.507 e. The number of amides is 1. The number of benzene rings is 1. The highest BCUT2D eigenvalue weighted by Crippen LogP contribution is 2.25. The molecule has 0 atom stereocenters. The van der Waals surface area contributed by atoms with Crippen LogP contribution in [0.25, 0.3) is 6.08 Å². The van der Waals surface area contributed by atoms with E-state index < -0.39 is 11.9 Å². The van der Waals surface area contributed by atoms with Gasteiger partial charge in [0.25, 0.3) is 5.91 Å². The summed E-state index contributed by atoms with van der Waals surface area (Å²) in [6.07, 6.45) is 1.53. The van der Waals surface area contributed by atoms with Crippen molar-refractivity contribution in [2.24, 2.45) is 0 Å². The second-order valence-corrected chi connectivity index (χ2v) is 4.76. The van der Waals surface area contributed by atoms with Crippen molar-refractivity contribution in [3.63, 3.8) is 0 Å². The van der Waals surface area contributed by atoms with E-state index in [4.69, 9.17) is 12.2 Å². The van der Waals surface area contributed by atoms with Gasteiger partial charge in [0.15, 0.2) is 5.11 Å². The fourth-order valence-electron chi connectivity index (χ4n) is 1.90. The molecule has 1 fully saturated rings. The number of methoxy groups -OCH3 is 1. The first kappa shape index (κ1) is 15.0. The van der Waals surface area contributed by atoms with Crippen LogP contribution in [0.4, 0.5) is 0 Å². The number of rotatable bonds is 3. The molecule has 0 aromatic heterocycles. The van der Waals surface area contributed by atoms with Crippen LogP contribution in [-0.4, -0.2) is 52.6 Å². The molecule has 1 saturated heterocycles. The Morgan fingerprint density at radius 3 is 2.71 bits per heavy atom. The Balaban J connectivity index is 2.34. The molecule has 1 heterocycles. The zero-order valence-corrected chi connectivity index (χ0v) is 12.4. The van der Waals surface area contributed by atoms with Crippen molar-refractivity contribution in [2.45, 2.75) is 0 Å². The molecule has 0 spiro atoms. The Hall–Kier alpha value is -2.41. The van der Waals surface area contributed by atoms with Gasteiger partial charge in [0.2, 0.25) is 0 Å². The molecule has 1 aliphatic rings. The van der Waals surface area contributed by atoms with Crippen molar-refractivity contribution in [1.29, 1.82) is 0 Å². The molecule has 1 amide bonds. The normalized spacial score (nSPS) is 16.8. The van der Waals surface area contributed by atoms with Gasteiger partial charge in [-0.25, -0.2) is 0 Å². The van der Waals surface area contributed by atoms with E-state index in [0.29, 0.717) is 5.56 Å². The SMILES string of the molecule is COC(=O)CN1C(=O)/C(=C/c2ccccc2O)N(C)C1=S. The van der Waals surface area contributed by atoms with Gasteiger partial charge in [-0.3, -0.25) is 14.5 Å². The minimum atomic E-state index is -0.553. The molecular formula is C14H14N2O4S. The summed E-state index contributed by atoms with van der Waals surface area (Å²) in [5.74, 6) is -0.900. The van der Waals surface area contributed by atoms with E-state index in [2.05, 4.69) is 4.74 Å². The molecule has 7 heteroatoms. The molecule has 1 aliphatic heterocycles. The first-order valence-electron chi connectivity index (χ1n) is 6.11. The summed E-state index contributed by atoms with van der Waals surface area (Å²) in [7, 11) is 2.87. The number of phenols is 1. The largest absolute Gasteiger partial charge is 0.507 e. The number of carbonyl (C=O) groups is 2. The third kappa shape index (κ3) is 2.87. The fraction of sp³-hybridized carbons (Fsp3) is 0.214. The van der Waals surface area contributed by atoms with Gasteiger partial charge in [0, 0.05) is 12.6 Å². The Labute approximate surface area is 127 Å². The Kier molecular flexibility index (Phi) is 4.23. The average molecular weight is 306 g/mol. The predicted molar refractivity (Wildman–Crippen MR) is 80.2 cm³/mol. The first-order chi connectivity index (χ1) is 9.95. The van der Waals surface area contributed by atoms with E-state index in [0.717, 1.165) is 4.90 Å². The highest BCUT2D eigenvalue weighted by Gasteiger charge is 2.37. The van der Waals surface area contributed by atoms with Crippen LogP contribution in [0, 0.1) is 0 Å². The van der Waals surface area contributed by atoms with Crippen LogP contribution in [0.15, 0.2) is 30.0 Å². The molecule has 2 rings (SSSR count). The van der Waals surface area contributed by atoms with E-state index in [-0.39, 0.29) is 23.1 Å². The van der Waals surface area contributed by atoms with Crippen LogP contribution in [0.2, 0.25) is 0 Å². The molecule has 0 saturated carbocycles. The Morgan fingerprint density at radius 2 is 2.10 bits per heavy atom. The first-order valence-corrected chi connectivity index (χ1v) is 6.52. The van der Waals surface area contributed by atoms with Gasteiger partial charge in [-0.15, -0.1) is 0 Å². The molecule has 6 nitrogen and oxygen atoms in total. The number of aromatic hydroxyl groups is 1. The number of phenolic OH excluding ortho intramolecular Hbond substituents is 1. The molecule has 0 unspecified atom stereocenters. The number of esters is 1. The second kappa shape index (κ2) is 5.92. The number of carbonyl (C=O) groups excluding carboxylic acids is 2. The van der Waals surface area contributed by atoms with Gasteiger partial charge in [-0.05, 0) is 24.4 Å². The second-order valence-electron chi connectivity index (χ2n) is 4.40. The van der Waals surface area contributed by atoms with Crippen molar-refractivity contribution in [2.75, 3.05) is 20.7 Å². The van der Waals surface area contributed by atoms with Crippen molar-refractivity contribution >= 4 is 35.3 Å². The number of nitrogens with zero attached hydrogens (tertiary/aromatic N) is 2. The number of hydrogen-bond acceptors (Lipinski definition) is 5. The maximum absolute atomic E-state index is 12.3. The van der Waals surface area contributed by atoms with Gasteiger partial charge in [-0.1, -0.05) is 18.2 Å². The van der Waals surface area contributed by atoms with Gasteiger partial charge < -0.3 is 14.7 Å². The van der Waals surface area contributed by atoms with Gasteiger partial charge in [0.1, 0.15) is 18.0 Å². The van der Waals surface area contributed by atoms with Crippen molar-refractivity contribution in [3.8, 4) is 5.75 Å². The van der Waals surface area contributed by atoms with Crippen LogP contribution in [0.1, 0.15) is 5.56 Å². The maximum atomic E-state index is 12.3. The van der Waals surface area contributed by atoms with Crippen molar-refractivity contribution in [3.05, 3.63) is 35.5 Å². The van der Waals surface area contributed by atoms with Gasteiger partial charge >= 0.3 is 5.97 Å². The van der Waals surface area contributed by atoms with E-state index in [1.807, 2.05) is 0 Å². The lowest BCUT2D eigenvalue weighted by molar-refractivity contribution is -0.143. The third-order valence-corrected chi connectivity index (χ3v) is 3.58. The van der Waals surface area contributed by atoms with E-state index in [9.17, 15) is 14.7 Å². The predicted octanol–water partition coefficient (Wildman–Crippen LogP) is 0.965. The molecule has 0 aliphatic carbocycles. The molecular weight excluding hydrogens is 292 g/mol. The number of para-hydroxylation sites is 1. The molecule has 21 heavy (non-hydrogen) atoms. The Morgan fingerprint density at radius 1 is 1.43 bits per heavy atom. The van der Waals surface area contributed by atoms with E-state index in [1.165, 1.54) is 24.2 Å². The lowest BCUT2D eigenvalue weighted by Crippen LogP contribution is -2.36. The van der Waals surface area contributed by atoms with Crippen LogP contribution >= 0.6 is 12.2 Å². The van der Waals surface area contributed by atoms with Crippen molar-refractivity contribution in [1.82, 2.24) is 9.80 Å². The molecule has 0 bridgehead atoms. The molecule has 110 valence electrons. The third-order valence-electron chi connectivity index (χ3n) is 3.09. The smallest absolute Gasteiger partial charge is 0.325 e. The summed E-state index contributed by atoms with van der Waals surface area (Å²) in [5, 5.41) is 9.98. The zero-order chi connectivity index (χ0) is 15.6. The van der Waals surface area contributed by atoms with Crippen LogP contribution < -0.4 is 0 Å². The van der Waals surface area contributed by atoms with Crippen LogP contribution in [0.3, 0.4) is 0 Å². The molecule has 1 aromatic carbocycles. The Bertz CT molecular complexity index is 642. The maximum Gasteiger partial charge on any atom is 0.325 e. The van der Waals surface area contributed by atoms with Crippen LogP contribution in [0.5, 0.6) is 5.75 Å². The molecule has 1 N–H and O–H groups in total. The molecule has 0 radical (unpaired) electrons. The number of hydrogen-bond donors (Lipinski definition) is 1. The monoisotopic (exact) mass is 306 g/mol. The fourth-order valence-corrected chi connectivity index (χ4v) is 2.15. The van der Waals surface area contributed by atoms with Gasteiger partial charge in [0.05, 0.1) is 7.11 Å². The highest BCUT2D eigenvalue weighted by atomic mass is 32.1. The topological polar surface area (TPSA) is 70.1 Å². The lowest BCUT2D eigenvalue weighted by atomic mass is 10.1. The highest BCUT2D eigenvalue weighted by molar-refractivity contribution is 7.80.